The van der Waals surface area contributed by atoms with E-state index < -0.39 is 0 Å². The second-order valence-electron chi connectivity index (χ2n) is 5.66. The van der Waals surface area contributed by atoms with Crippen LogP contribution in [0.1, 0.15) is 31.7 Å². The Hall–Kier alpha value is -0.770. The van der Waals surface area contributed by atoms with E-state index in [-0.39, 0.29) is 11.3 Å². The Bertz CT molecular complexity index is 499. The van der Waals surface area contributed by atoms with Crippen molar-refractivity contribution in [1.82, 2.24) is 10.6 Å². The summed E-state index contributed by atoms with van der Waals surface area (Å²) in [5, 5.41) is 7.68. The fourth-order valence-corrected chi connectivity index (χ4v) is 3.35. The van der Waals surface area contributed by atoms with Crippen LogP contribution < -0.4 is 10.6 Å². The average Bonchev–Trinajstić information content (AvgIpc) is 2.50. The van der Waals surface area contributed by atoms with Crippen molar-refractivity contribution in [2.45, 2.75) is 32.6 Å². The van der Waals surface area contributed by atoms with E-state index in [4.69, 9.17) is 23.2 Å². The summed E-state index contributed by atoms with van der Waals surface area (Å²) in [6.45, 7) is 4.47. The summed E-state index contributed by atoms with van der Waals surface area (Å²) < 4.78 is 0. The van der Waals surface area contributed by atoms with Crippen molar-refractivity contribution < 1.29 is 4.79 Å². The summed E-state index contributed by atoms with van der Waals surface area (Å²) in [5.74, 6) is 0.155. The molecule has 21 heavy (non-hydrogen) atoms. The quantitative estimate of drug-likeness (QED) is 0.869. The minimum Gasteiger partial charge on any atom is -0.355 e. The van der Waals surface area contributed by atoms with E-state index in [1.165, 1.54) is 0 Å². The number of nitrogens with one attached hydrogen (secondary N) is 2. The number of hydrogen-bond acceptors (Lipinski definition) is 2. The van der Waals surface area contributed by atoms with Gasteiger partial charge in [0, 0.05) is 23.1 Å². The highest BCUT2D eigenvalue weighted by atomic mass is 35.5. The lowest BCUT2D eigenvalue weighted by atomic mass is 9.77. The first-order chi connectivity index (χ1) is 10.1. The number of rotatable bonds is 5. The molecule has 0 spiro atoms. The zero-order valence-corrected chi connectivity index (χ0v) is 13.9. The number of carbonyl (C=O) groups is 1. The van der Waals surface area contributed by atoms with Gasteiger partial charge in [-0.3, -0.25) is 4.79 Å². The molecule has 1 heterocycles. The largest absolute Gasteiger partial charge is 0.355 e. The minimum atomic E-state index is -0.248. The molecule has 116 valence electrons. The predicted molar refractivity (Wildman–Crippen MR) is 88.0 cm³/mol. The molecule has 1 aromatic rings. The molecule has 0 radical (unpaired) electrons. The molecule has 1 aliphatic rings. The maximum Gasteiger partial charge on any atom is 0.227 e. The Kier molecular flexibility index (Phi) is 5.91. The van der Waals surface area contributed by atoms with Crippen molar-refractivity contribution in [3.05, 3.63) is 33.8 Å². The van der Waals surface area contributed by atoms with Gasteiger partial charge in [0.2, 0.25) is 5.91 Å². The van der Waals surface area contributed by atoms with Crippen molar-refractivity contribution in [2.75, 3.05) is 19.6 Å². The zero-order chi connectivity index (χ0) is 15.3. The molecule has 1 unspecified atom stereocenters. The summed E-state index contributed by atoms with van der Waals surface area (Å²) in [4.78, 5) is 12.5. The first kappa shape index (κ1) is 16.6. The monoisotopic (exact) mass is 328 g/mol. The smallest absolute Gasteiger partial charge is 0.227 e. The highest BCUT2D eigenvalue weighted by Gasteiger charge is 2.37. The van der Waals surface area contributed by atoms with Gasteiger partial charge in [0.05, 0.1) is 5.41 Å². The number of hydrogen-bond donors (Lipinski definition) is 2. The Balaban J connectivity index is 1.88. The lowest BCUT2D eigenvalue weighted by Gasteiger charge is -2.35. The summed E-state index contributed by atoms with van der Waals surface area (Å²) in [5.41, 5.74) is 0.760. The third-order valence-corrected chi connectivity index (χ3v) is 4.91. The highest BCUT2D eigenvalue weighted by Crippen LogP contribution is 2.30. The molecule has 0 aromatic heterocycles. The van der Waals surface area contributed by atoms with Crippen LogP contribution in [0.5, 0.6) is 0 Å². The third-order valence-electron chi connectivity index (χ3n) is 4.33. The topological polar surface area (TPSA) is 41.1 Å². The fourth-order valence-electron chi connectivity index (χ4n) is 2.85. The van der Waals surface area contributed by atoms with Gasteiger partial charge in [-0.1, -0.05) is 36.2 Å². The summed E-state index contributed by atoms with van der Waals surface area (Å²) in [7, 11) is 0. The maximum atomic E-state index is 12.5. The van der Waals surface area contributed by atoms with Gasteiger partial charge in [-0.05, 0) is 49.9 Å². The molecule has 1 amide bonds. The van der Waals surface area contributed by atoms with E-state index in [0.29, 0.717) is 16.6 Å². The Labute approximate surface area is 136 Å². The molecular formula is C16H22Cl2N2O. The molecule has 3 nitrogen and oxygen atoms in total. The normalized spacial score (nSPS) is 22.0. The molecule has 1 atom stereocenters. The predicted octanol–water partition coefficient (Wildman–Crippen LogP) is 3.43. The fraction of sp³-hybridized carbons (Fsp3) is 0.562. The van der Waals surface area contributed by atoms with E-state index in [1.807, 2.05) is 12.1 Å². The van der Waals surface area contributed by atoms with E-state index in [9.17, 15) is 4.79 Å². The third kappa shape index (κ3) is 4.12. The minimum absolute atomic E-state index is 0.155. The molecule has 0 bridgehead atoms. The standard InChI is InChI=1S/C16H22Cl2N2O/c1-2-16(7-3-8-19-11-16)15(21)20-9-6-12-4-5-13(17)10-14(12)18/h4-5,10,19H,2-3,6-9,11H2,1H3,(H,20,21). The van der Waals surface area contributed by atoms with Gasteiger partial charge in [0.15, 0.2) is 0 Å². The number of benzene rings is 1. The van der Waals surface area contributed by atoms with Crippen LogP contribution in [0.25, 0.3) is 0 Å². The molecule has 2 N–H and O–H groups in total. The van der Waals surface area contributed by atoms with Gasteiger partial charge in [0.25, 0.3) is 0 Å². The molecule has 1 aliphatic heterocycles. The first-order valence-corrected chi connectivity index (χ1v) is 8.26. The van der Waals surface area contributed by atoms with Crippen molar-refractivity contribution in [2.24, 2.45) is 5.41 Å². The highest BCUT2D eigenvalue weighted by molar-refractivity contribution is 6.35. The van der Waals surface area contributed by atoms with Crippen molar-refractivity contribution in [3.63, 3.8) is 0 Å². The van der Waals surface area contributed by atoms with Crippen LogP contribution in [0.2, 0.25) is 10.0 Å². The Morgan fingerprint density at radius 2 is 2.24 bits per heavy atom. The van der Waals surface area contributed by atoms with Gasteiger partial charge in [-0.15, -0.1) is 0 Å². The molecule has 1 fully saturated rings. The average molecular weight is 329 g/mol. The summed E-state index contributed by atoms with van der Waals surface area (Å²) >= 11 is 12.0. The first-order valence-electron chi connectivity index (χ1n) is 7.50. The van der Waals surface area contributed by atoms with Crippen LogP contribution in [0.4, 0.5) is 0 Å². The summed E-state index contributed by atoms with van der Waals surface area (Å²) in [6, 6.07) is 5.47. The van der Waals surface area contributed by atoms with Crippen LogP contribution in [0.15, 0.2) is 18.2 Å². The van der Waals surface area contributed by atoms with Gasteiger partial charge in [-0.2, -0.15) is 0 Å². The van der Waals surface area contributed by atoms with Crippen LogP contribution in [-0.4, -0.2) is 25.5 Å². The lowest BCUT2D eigenvalue weighted by Crippen LogP contribution is -2.50. The molecule has 5 heteroatoms. The van der Waals surface area contributed by atoms with Gasteiger partial charge >= 0.3 is 0 Å². The number of carbonyl (C=O) groups excluding carboxylic acids is 1. The molecule has 1 aromatic carbocycles. The Morgan fingerprint density at radius 3 is 2.86 bits per heavy atom. The molecule has 0 saturated carbocycles. The van der Waals surface area contributed by atoms with E-state index in [1.54, 1.807) is 6.07 Å². The van der Waals surface area contributed by atoms with E-state index >= 15 is 0 Å². The number of amides is 1. The van der Waals surface area contributed by atoms with Gasteiger partial charge in [0.1, 0.15) is 0 Å². The Morgan fingerprint density at radius 1 is 1.43 bits per heavy atom. The van der Waals surface area contributed by atoms with Crippen LogP contribution in [-0.2, 0) is 11.2 Å². The second kappa shape index (κ2) is 7.48. The molecule has 1 saturated heterocycles. The van der Waals surface area contributed by atoms with Crippen LogP contribution >= 0.6 is 23.2 Å². The number of halogens is 2. The van der Waals surface area contributed by atoms with Crippen molar-refractivity contribution in [1.29, 1.82) is 0 Å². The molecule has 2 rings (SSSR count). The van der Waals surface area contributed by atoms with Gasteiger partial charge in [-0.25, -0.2) is 0 Å². The maximum absolute atomic E-state index is 12.5. The SMILES string of the molecule is CCC1(C(=O)NCCc2ccc(Cl)cc2Cl)CCCNC1. The molecule has 0 aliphatic carbocycles. The van der Waals surface area contributed by atoms with Gasteiger partial charge < -0.3 is 10.6 Å². The van der Waals surface area contributed by atoms with Crippen LogP contribution in [0, 0.1) is 5.41 Å². The van der Waals surface area contributed by atoms with Crippen molar-refractivity contribution in [3.8, 4) is 0 Å². The molecular weight excluding hydrogens is 307 g/mol. The van der Waals surface area contributed by atoms with E-state index in [2.05, 4.69) is 17.6 Å². The van der Waals surface area contributed by atoms with Crippen molar-refractivity contribution >= 4 is 29.1 Å². The lowest BCUT2D eigenvalue weighted by molar-refractivity contribution is -0.132. The second-order valence-corrected chi connectivity index (χ2v) is 6.50. The zero-order valence-electron chi connectivity index (χ0n) is 12.3. The summed E-state index contributed by atoms with van der Waals surface area (Å²) in [6.07, 6.45) is 3.61. The number of piperidine rings is 1. The van der Waals surface area contributed by atoms with E-state index in [0.717, 1.165) is 44.3 Å². The van der Waals surface area contributed by atoms with Crippen LogP contribution in [0.3, 0.4) is 0 Å².